The Bertz CT molecular complexity index is 849. The van der Waals surface area contributed by atoms with E-state index < -0.39 is 17.6 Å². The van der Waals surface area contributed by atoms with Crippen LogP contribution in [0.5, 0.6) is 0 Å². The molecule has 0 bridgehead atoms. The van der Waals surface area contributed by atoms with Crippen molar-refractivity contribution in [2.45, 2.75) is 10.3 Å². The largest absolute Gasteiger partial charge is 0.329 e. The van der Waals surface area contributed by atoms with Crippen molar-refractivity contribution < 1.29 is 8.78 Å². The quantitative estimate of drug-likeness (QED) is 0.635. The zero-order valence-corrected chi connectivity index (χ0v) is 15.2. The van der Waals surface area contributed by atoms with Gasteiger partial charge in [-0.25, -0.2) is 18.7 Å². The van der Waals surface area contributed by atoms with E-state index >= 15 is 0 Å². The summed E-state index contributed by atoms with van der Waals surface area (Å²) in [5.41, 5.74) is 7.56. The zero-order valence-electron chi connectivity index (χ0n) is 12.0. The van der Waals surface area contributed by atoms with Gasteiger partial charge in [-0.2, -0.15) is 0 Å². The molecule has 1 aromatic carbocycles. The Balaban J connectivity index is 2.13. The number of halogens is 3. The fraction of sp³-hybridized carbons (Fsp3) is 0.200. The van der Waals surface area contributed by atoms with Crippen LogP contribution in [0.4, 0.5) is 8.78 Å². The molecule has 0 saturated heterocycles. The van der Waals surface area contributed by atoms with Gasteiger partial charge in [0.2, 0.25) is 0 Å². The number of pyridine rings is 1. The SMILES string of the molecule is CSc1nc2nc([C@H](CN)c3cc(F)cc(F)c3)c(Br)cc2s1. The molecule has 2 N–H and O–H groups in total. The molecular formula is C15H12BrF2N3S2. The third-order valence-electron chi connectivity index (χ3n) is 3.37. The van der Waals surface area contributed by atoms with E-state index in [0.29, 0.717) is 16.9 Å². The Kier molecular flexibility index (Phi) is 4.96. The van der Waals surface area contributed by atoms with E-state index in [9.17, 15) is 8.78 Å². The second-order valence-electron chi connectivity index (χ2n) is 4.85. The number of nitrogens with zero attached hydrogens (tertiary/aromatic N) is 2. The molecule has 0 aliphatic heterocycles. The molecule has 3 aromatic rings. The lowest BCUT2D eigenvalue weighted by atomic mass is 9.95. The van der Waals surface area contributed by atoms with Gasteiger partial charge in [0.25, 0.3) is 0 Å². The fourth-order valence-electron chi connectivity index (χ4n) is 2.35. The number of thioether (sulfide) groups is 1. The third kappa shape index (κ3) is 3.40. The van der Waals surface area contributed by atoms with E-state index in [1.165, 1.54) is 12.1 Å². The predicted molar refractivity (Wildman–Crippen MR) is 94.2 cm³/mol. The molecule has 0 amide bonds. The van der Waals surface area contributed by atoms with Gasteiger partial charge in [-0.15, -0.1) is 11.3 Å². The van der Waals surface area contributed by atoms with Crippen LogP contribution in [0.15, 0.2) is 33.1 Å². The lowest BCUT2D eigenvalue weighted by molar-refractivity contribution is 0.576. The van der Waals surface area contributed by atoms with Gasteiger partial charge in [0.15, 0.2) is 9.99 Å². The van der Waals surface area contributed by atoms with Crippen LogP contribution >= 0.6 is 39.0 Å². The number of fused-ring (bicyclic) bond motifs is 1. The molecule has 0 aliphatic rings. The van der Waals surface area contributed by atoms with Crippen LogP contribution in [0.25, 0.3) is 10.3 Å². The highest BCUT2D eigenvalue weighted by Crippen LogP contribution is 2.34. The molecule has 3 nitrogen and oxygen atoms in total. The van der Waals surface area contributed by atoms with E-state index in [1.54, 1.807) is 23.1 Å². The van der Waals surface area contributed by atoms with Crippen molar-refractivity contribution in [1.29, 1.82) is 0 Å². The second kappa shape index (κ2) is 6.80. The molecule has 0 saturated carbocycles. The van der Waals surface area contributed by atoms with Crippen molar-refractivity contribution in [2.75, 3.05) is 12.8 Å². The molecule has 0 aliphatic carbocycles. The summed E-state index contributed by atoms with van der Waals surface area (Å²) < 4.78 is 29.6. The molecule has 3 rings (SSSR count). The third-order valence-corrected chi connectivity index (χ3v) is 5.98. The first-order valence-electron chi connectivity index (χ1n) is 6.69. The highest BCUT2D eigenvalue weighted by atomic mass is 79.9. The Morgan fingerprint density at radius 1 is 1.22 bits per heavy atom. The molecule has 120 valence electrons. The highest BCUT2D eigenvalue weighted by molar-refractivity contribution is 9.10. The van der Waals surface area contributed by atoms with Crippen LogP contribution in [-0.2, 0) is 0 Å². The molecular weight excluding hydrogens is 404 g/mol. The number of hydrogen-bond acceptors (Lipinski definition) is 5. The number of hydrogen-bond donors (Lipinski definition) is 1. The van der Waals surface area contributed by atoms with Gasteiger partial charge >= 0.3 is 0 Å². The summed E-state index contributed by atoms with van der Waals surface area (Å²) in [4.78, 5) is 9.00. The van der Waals surface area contributed by atoms with Crippen molar-refractivity contribution in [3.63, 3.8) is 0 Å². The second-order valence-corrected chi connectivity index (χ2v) is 7.79. The first-order chi connectivity index (χ1) is 11.0. The van der Waals surface area contributed by atoms with Crippen molar-refractivity contribution in [1.82, 2.24) is 9.97 Å². The van der Waals surface area contributed by atoms with Crippen molar-refractivity contribution in [2.24, 2.45) is 5.73 Å². The summed E-state index contributed by atoms with van der Waals surface area (Å²) >= 11 is 6.59. The Labute approximate surface area is 148 Å². The van der Waals surface area contributed by atoms with Gasteiger partial charge in [0, 0.05) is 23.0 Å². The molecule has 23 heavy (non-hydrogen) atoms. The minimum absolute atomic E-state index is 0.180. The van der Waals surface area contributed by atoms with Gasteiger partial charge in [-0.3, -0.25) is 0 Å². The van der Waals surface area contributed by atoms with Crippen LogP contribution in [0.3, 0.4) is 0 Å². The standard InChI is InChI=1S/C15H12BrF2N3S2/c1-22-15-21-14-12(23-15)5-11(16)13(20-14)10(6-19)7-2-8(17)4-9(18)3-7/h2-5,10H,6,19H2,1H3/t10-/m1/s1. The molecule has 0 unspecified atom stereocenters. The highest BCUT2D eigenvalue weighted by Gasteiger charge is 2.20. The van der Waals surface area contributed by atoms with Crippen LogP contribution in [-0.4, -0.2) is 22.8 Å². The van der Waals surface area contributed by atoms with Gasteiger partial charge in [-0.1, -0.05) is 11.8 Å². The smallest absolute Gasteiger partial charge is 0.171 e. The van der Waals surface area contributed by atoms with Gasteiger partial charge in [0.1, 0.15) is 11.6 Å². The van der Waals surface area contributed by atoms with E-state index in [4.69, 9.17) is 5.73 Å². The van der Waals surface area contributed by atoms with Gasteiger partial charge < -0.3 is 5.73 Å². The number of rotatable bonds is 4. The molecule has 2 heterocycles. The Hall–Kier alpha value is -1.09. The maximum atomic E-state index is 13.5. The van der Waals surface area contributed by atoms with Crippen molar-refractivity contribution >= 4 is 49.4 Å². The van der Waals surface area contributed by atoms with E-state index in [-0.39, 0.29) is 6.54 Å². The monoisotopic (exact) mass is 415 g/mol. The topological polar surface area (TPSA) is 51.8 Å². The normalized spacial score (nSPS) is 12.7. The molecule has 0 fully saturated rings. The first kappa shape index (κ1) is 16.8. The van der Waals surface area contributed by atoms with E-state index in [0.717, 1.165) is 19.6 Å². The summed E-state index contributed by atoms with van der Waals surface area (Å²) in [6.45, 7) is 0.180. The molecule has 1 atom stereocenters. The maximum absolute atomic E-state index is 13.5. The first-order valence-corrected chi connectivity index (χ1v) is 9.52. The number of thiazole rings is 1. The van der Waals surface area contributed by atoms with Crippen LogP contribution in [0.2, 0.25) is 0 Å². The van der Waals surface area contributed by atoms with Crippen molar-refractivity contribution in [3.05, 3.63) is 51.6 Å². The van der Waals surface area contributed by atoms with Gasteiger partial charge in [-0.05, 0) is 45.9 Å². The average Bonchev–Trinajstić information content (AvgIpc) is 2.89. The molecule has 2 aromatic heterocycles. The molecule has 0 radical (unpaired) electrons. The van der Waals surface area contributed by atoms with E-state index in [2.05, 4.69) is 25.9 Å². The van der Waals surface area contributed by atoms with Crippen LogP contribution in [0.1, 0.15) is 17.2 Å². The lowest BCUT2D eigenvalue weighted by Crippen LogP contribution is -2.16. The average molecular weight is 416 g/mol. The lowest BCUT2D eigenvalue weighted by Gasteiger charge is -2.16. The summed E-state index contributed by atoms with van der Waals surface area (Å²) in [5, 5.41) is 0. The van der Waals surface area contributed by atoms with Crippen molar-refractivity contribution in [3.8, 4) is 0 Å². The number of nitrogens with two attached hydrogens (primary N) is 1. The molecule has 8 heteroatoms. The Morgan fingerprint density at radius 3 is 2.52 bits per heavy atom. The van der Waals surface area contributed by atoms with Crippen LogP contribution < -0.4 is 5.73 Å². The minimum atomic E-state index is -0.631. The maximum Gasteiger partial charge on any atom is 0.171 e. The zero-order chi connectivity index (χ0) is 16.6. The number of aromatic nitrogens is 2. The summed E-state index contributed by atoms with van der Waals surface area (Å²) in [6.07, 6.45) is 1.95. The summed E-state index contributed by atoms with van der Waals surface area (Å²) in [7, 11) is 0. The molecule has 0 spiro atoms. The summed E-state index contributed by atoms with van der Waals surface area (Å²) in [6, 6.07) is 5.34. The van der Waals surface area contributed by atoms with Gasteiger partial charge in [0.05, 0.1) is 10.4 Å². The predicted octanol–water partition coefficient (Wildman–Crippen LogP) is 4.54. The summed E-state index contributed by atoms with van der Waals surface area (Å²) in [5.74, 6) is -1.68. The Morgan fingerprint density at radius 2 is 1.91 bits per heavy atom. The minimum Gasteiger partial charge on any atom is -0.329 e. The number of benzene rings is 1. The van der Waals surface area contributed by atoms with E-state index in [1.807, 2.05) is 12.3 Å². The fourth-order valence-corrected chi connectivity index (χ4v) is 4.55. The van der Waals surface area contributed by atoms with Crippen LogP contribution in [0, 0.1) is 11.6 Å².